The number of rotatable bonds is 27. The average Bonchev–Trinajstić information content (AvgIpc) is 0.811. The van der Waals surface area contributed by atoms with Gasteiger partial charge in [0, 0.05) is 64.5 Å². The molecule has 10 aromatic rings. The van der Waals surface area contributed by atoms with Crippen molar-refractivity contribution in [1.29, 1.82) is 0 Å². The van der Waals surface area contributed by atoms with Crippen molar-refractivity contribution in [2.45, 2.75) is 51.0 Å². The average molecular weight is 1310 g/mol. The maximum absolute atomic E-state index is 14.5. The van der Waals surface area contributed by atoms with Crippen molar-refractivity contribution < 1.29 is 76.2 Å². The van der Waals surface area contributed by atoms with Crippen LogP contribution >= 0.6 is 0 Å². The Bertz CT molecular complexity index is 4780. The second-order valence-corrected chi connectivity index (χ2v) is 22.8. The van der Waals surface area contributed by atoms with E-state index in [1.807, 2.05) is 19.9 Å². The molecule has 0 aliphatic rings. The Balaban J connectivity index is 0.822. The fourth-order valence-corrected chi connectivity index (χ4v) is 10.4. The predicted molar refractivity (Wildman–Crippen MR) is 351 cm³/mol. The first kappa shape index (κ1) is 65.9. The molecular weight excluding hydrogens is 1250 g/mol. The van der Waals surface area contributed by atoms with Crippen molar-refractivity contribution in [2.24, 2.45) is 5.14 Å². The van der Waals surface area contributed by atoms with Gasteiger partial charge in [-0.15, -0.1) is 0 Å². The fourth-order valence-electron chi connectivity index (χ4n) is 9.84. The summed E-state index contributed by atoms with van der Waals surface area (Å²) in [5, 5.41) is 53.6. The first-order chi connectivity index (χ1) is 45.7. The number of hydrogen-bond donors (Lipinski definition) is 10. The molecule has 10 rings (SSSR count). The Labute approximate surface area is 541 Å². The SMILES string of the molecule is CCCOc1cc(C(=O)Nc2cccc3c(OCCC)cc(C(=O)Nc4cccc5c(O)cc(C(=O)Nc6cccc7c(OCC(=O)O)cc(C(=O)O)nc67)nc45)nc23)nc2c(NC(=O)NCCCCOc3cccc(CNC(=O)c4ccc(S(N)(=O)=O)cc4)c3)cccc12. The molecule has 27 nitrogen and oxygen atoms in total. The molecule has 6 amide bonds. The number of fused-ring (bicyclic) bond motifs is 4. The molecule has 0 radical (unpaired) electrons. The van der Waals surface area contributed by atoms with Crippen molar-refractivity contribution in [2.75, 3.05) is 54.2 Å². The number of hydrogen-bond acceptors (Lipinski definition) is 18. The Hall–Kier alpha value is -12.0. The van der Waals surface area contributed by atoms with E-state index in [1.165, 1.54) is 66.7 Å². The largest absolute Gasteiger partial charge is 0.507 e. The highest BCUT2D eigenvalue weighted by Crippen LogP contribution is 2.36. The van der Waals surface area contributed by atoms with Crippen LogP contribution in [0.1, 0.15) is 97.4 Å². The van der Waals surface area contributed by atoms with Crippen LogP contribution in [0, 0.1) is 0 Å². The molecule has 0 spiro atoms. The molecule has 0 fully saturated rings. The van der Waals surface area contributed by atoms with Crippen LogP contribution in [-0.4, -0.2) is 118 Å². The number of ether oxygens (including phenoxy) is 4. The van der Waals surface area contributed by atoms with Gasteiger partial charge in [-0.3, -0.25) is 19.2 Å². The summed E-state index contributed by atoms with van der Waals surface area (Å²) in [7, 11) is -3.90. The first-order valence-corrected chi connectivity index (χ1v) is 31.2. The molecule has 0 bridgehead atoms. The molecule has 0 saturated heterocycles. The number of carboxylic acid groups (broad SMARTS) is 2. The maximum Gasteiger partial charge on any atom is 0.354 e. The third-order valence-corrected chi connectivity index (χ3v) is 15.3. The van der Waals surface area contributed by atoms with Crippen molar-refractivity contribution in [3.05, 3.63) is 179 Å². The summed E-state index contributed by atoms with van der Waals surface area (Å²) >= 11 is 0. The smallest absolute Gasteiger partial charge is 0.354 e. The minimum atomic E-state index is -3.90. The quantitative estimate of drug-likeness (QED) is 0.0214. The molecule has 0 saturated carbocycles. The Morgan fingerprint density at radius 1 is 0.484 bits per heavy atom. The monoisotopic (exact) mass is 1310 g/mol. The minimum Gasteiger partial charge on any atom is -0.507 e. The van der Waals surface area contributed by atoms with Crippen LogP contribution in [0.5, 0.6) is 28.7 Å². The Morgan fingerprint density at radius 2 is 0.947 bits per heavy atom. The Morgan fingerprint density at radius 3 is 1.45 bits per heavy atom. The second-order valence-electron chi connectivity index (χ2n) is 21.2. The van der Waals surface area contributed by atoms with Crippen LogP contribution in [0.2, 0.25) is 0 Å². The highest BCUT2D eigenvalue weighted by molar-refractivity contribution is 7.89. The number of aromatic carboxylic acids is 1. The molecule has 0 aliphatic heterocycles. The molecule has 0 aliphatic carbocycles. The minimum absolute atomic E-state index is 0.00147. The standard InChI is InChI=1S/C67H61N11O16S/c1-3-27-92-54-32-50(64(84)75-45-18-8-14-41-53(79)31-49(71-58(41)45)63(83)76-47-20-10-17-44-56(94-36-57(80)81)34-52(66(86)87)74-60(44)47)72-59-42(54)15-9-19-46(59)77-65(85)51-33-55(93-28-4-2)43-16-11-21-48(61(43)73-51)78-67(88)69-26-5-6-29-91-39-13-7-12-37(30-39)35-70-62(82)38-22-24-40(25-23-38)95(68,89)90/h7-25,30-34H,3-6,26-29,35-36H2,1-2H3,(H,70,82)(H,71,79)(H,75,84)(H,76,83)(H,77,85)(H,80,81)(H,86,87)(H2,68,89,90)(H2,69,78,88). The number of amides is 6. The number of carbonyl (C=O) groups is 7. The summed E-state index contributed by atoms with van der Waals surface area (Å²) in [6, 6.07) is 36.1. The molecule has 0 atom stereocenters. The van der Waals surface area contributed by atoms with Gasteiger partial charge >= 0.3 is 18.0 Å². The van der Waals surface area contributed by atoms with E-state index >= 15 is 0 Å². The summed E-state index contributed by atoms with van der Waals surface area (Å²) in [4.78, 5) is 110. The summed E-state index contributed by atoms with van der Waals surface area (Å²) in [6.45, 7) is 4.36. The van der Waals surface area contributed by atoms with Gasteiger partial charge in [0.1, 0.15) is 45.8 Å². The highest BCUT2D eigenvalue weighted by Gasteiger charge is 2.24. The lowest BCUT2D eigenvalue weighted by Crippen LogP contribution is -2.29. The van der Waals surface area contributed by atoms with Crippen LogP contribution in [0.25, 0.3) is 43.6 Å². The van der Waals surface area contributed by atoms with Crippen LogP contribution < -0.4 is 56.0 Å². The summed E-state index contributed by atoms with van der Waals surface area (Å²) < 4.78 is 46.8. The topological polar surface area (TPSA) is 401 Å². The summed E-state index contributed by atoms with van der Waals surface area (Å²) in [6.07, 6.45) is 2.35. The molecule has 95 heavy (non-hydrogen) atoms. The number of sulfonamides is 1. The number of nitrogens with zero attached hydrogens (tertiary/aromatic N) is 4. The highest BCUT2D eigenvalue weighted by atomic mass is 32.2. The molecule has 6 aromatic carbocycles. The van der Waals surface area contributed by atoms with E-state index in [0.717, 1.165) is 17.7 Å². The number of carbonyl (C=O) groups excluding carboxylic acids is 5. The van der Waals surface area contributed by atoms with E-state index in [4.69, 9.17) is 34.1 Å². The number of para-hydroxylation sites is 4. The fraction of sp³-hybridized carbons (Fsp3) is 0.179. The van der Waals surface area contributed by atoms with Crippen LogP contribution in [0.15, 0.2) is 150 Å². The predicted octanol–water partition coefficient (Wildman–Crippen LogP) is 9.64. The first-order valence-electron chi connectivity index (χ1n) is 29.6. The zero-order valence-corrected chi connectivity index (χ0v) is 51.7. The van der Waals surface area contributed by atoms with Crippen LogP contribution in [0.3, 0.4) is 0 Å². The van der Waals surface area contributed by atoms with Crippen molar-refractivity contribution in [1.82, 2.24) is 30.6 Å². The number of aromatic nitrogens is 4. The maximum atomic E-state index is 14.5. The van der Waals surface area contributed by atoms with Gasteiger partial charge in [-0.25, -0.2) is 47.9 Å². The van der Waals surface area contributed by atoms with Gasteiger partial charge in [0.2, 0.25) is 10.0 Å². The van der Waals surface area contributed by atoms with Crippen molar-refractivity contribution in [3.63, 3.8) is 0 Å². The van der Waals surface area contributed by atoms with Crippen LogP contribution in [0.4, 0.5) is 27.5 Å². The van der Waals surface area contributed by atoms with E-state index < -0.39 is 63.9 Å². The molecular formula is C67H61N11O16S. The number of aromatic hydroxyl groups is 1. The van der Waals surface area contributed by atoms with Gasteiger partial charge in [0.25, 0.3) is 23.6 Å². The number of unbranched alkanes of at least 4 members (excludes halogenated alkanes) is 1. The normalized spacial score (nSPS) is 11.2. The number of urea groups is 1. The molecule has 486 valence electrons. The van der Waals surface area contributed by atoms with Gasteiger partial charge in [-0.1, -0.05) is 50.2 Å². The number of primary sulfonamides is 1. The third-order valence-electron chi connectivity index (χ3n) is 14.3. The number of benzene rings is 6. The van der Waals surface area contributed by atoms with E-state index in [-0.39, 0.29) is 120 Å². The number of anilines is 4. The molecule has 28 heteroatoms. The van der Waals surface area contributed by atoms with E-state index in [9.17, 15) is 57.3 Å². The van der Waals surface area contributed by atoms with Gasteiger partial charge in [-0.2, -0.15) is 0 Å². The number of nitrogens with one attached hydrogen (secondary N) is 6. The van der Waals surface area contributed by atoms with E-state index in [1.54, 1.807) is 60.7 Å². The number of pyridine rings is 4. The molecule has 4 heterocycles. The zero-order chi connectivity index (χ0) is 67.3. The molecule has 11 N–H and O–H groups in total. The van der Waals surface area contributed by atoms with Crippen molar-refractivity contribution in [3.8, 4) is 28.7 Å². The number of nitrogens with two attached hydrogens (primary N) is 1. The van der Waals surface area contributed by atoms with Gasteiger partial charge in [0.15, 0.2) is 12.3 Å². The van der Waals surface area contributed by atoms with Crippen LogP contribution in [-0.2, 0) is 21.4 Å². The molecule has 4 aromatic heterocycles. The van der Waals surface area contributed by atoms with Gasteiger partial charge in [0.05, 0.1) is 69.5 Å². The summed E-state index contributed by atoms with van der Waals surface area (Å²) in [5.74, 6) is -4.87. The van der Waals surface area contributed by atoms with E-state index in [0.29, 0.717) is 61.2 Å². The van der Waals surface area contributed by atoms with Gasteiger partial charge in [-0.05, 0) is 116 Å². The summed E-state index contributed by atoms with van der Waals surface area (Å²) in [5.41, 5.74) is 0.793. The van der Waals surface area contributed by atoms with Gasteiger partial charge < -0.3 is 66.2 Å². The lowest BCUT2D eigenvalue weighted by molar-refractivity contribution is -0.139. The number of carboxylic acids is 2. The lowest BCUT2D eigenvalue weighted by atomic mass is 10.1. The molecule has 0 unspecified atom stereocenters. The third kappa shape index (κ3) is 16.0. The Kier molecular flexibility index (Phi) is 20.5. The second kappa shape index (κ2) is 29.5. The van der Waals surface area contributed by atoms with E-state index in [2.05, 4.69) is 41.9 Å². The van der Waals surface area contributed by atoms with Crippen molar-refractivity contribution >= 4 is 118 Å². The lowest BCUT2D eigenvalue weighted by Gasteiger charge is -2.16. The number of aliphatic carboxylic acids is 1. The zero-order valence-electron chi connectivity index (χ0n) is 50.9.